The van der Waals surface area contributed by atoms with Crippen molar-refractivity contribution in [1.29, 1.82) is 0 Å². The molecule has 3 N–H and O–H groups in total. The number of nitrogens with two attached hydrogens (primary N) is 1. The first kappa shape index (κ1) is 9.18. The zero-order valence-corrected chi connectivity index (χ0v) is 7.80. The van der Waals surface area contributed by atoms with Gasteiger partial charge in [0.05, 0.1) is 0 Å². The molecule has 2 aromatic rings. The van der Waals surface area contributed by atoms with Gasteiger partial charge >= 0.3 is 0 Å². The quantitative estimate of drug-likeness (QED) is 0.751. The van der Waals surface area contributed by atoms with Crippen LogP contribution in [0.15, 0.2) is 30.7 Å². The molecule has 0 aromatic carbocycles. The fourth-order valence-electron chi connectivity index (χ4n) is 1.46. The van der Waals surface area contributed by atoms with Gasteiger partial charge in [-0.15, -0.1) is 0 Å². The van der Waals surface area contributed by atoms with Gasteiger partial charge < -0.3 is 15.2 Å². The van der Waals surface area contributed by atoms with E-state index in [1.807, 2.05) is 28.9 Å². The fourth-order valence-corrected chi connectivity index (χ4v) is 1.46. The molecule has 0 saturated carbocycles. The van der Waals surface area contributed by atoms with Gasteiger partial charge in [0.15, 0.2) is 0 Å². The summed E-state index contributed by atoms with van der Waals surface area (Å²) in [6, 6.07) is 3.77. The molecule has 0 spiro atoms. The highest BCUT2D eigenvalue weighted by atomic mass is 16.3. The summed E-state index contributed by atoms with van der Waals surface area (Å²) in [5.74, 6) is 0. The lowest BCUT2D eigenvalue weighted by Crippen LogP contribution is -2.12. The lowest BCUT2D eigenvalue weighted by atomic mass is 10.1. The van der Waals surface area contributed by atoms with Gasteiger partial charge in [0.2, 0.25) is 0 Å². The third-order valence-corrected chi connectivity index (χ3v) is 2.28. The average Bonchev–Trinajstić information content (AvgIpc) is 2.64. The van der Waals surface area contributed by atoms with Gasteiger partial charge in [0.1, 0.15) is 5.65 Å². The van der Waals surface area contributed by atoms with Gasteiger partial charge in [-0.2, -0.15) is 0 Å². The predicted octanol–water partition coefficient (Wildman–Crippen LogP) is 0.716. The van der Waals surface area contributed by atoms with Crippen LogP contribution in [0.1, 0.15) is 18.0 Å². The molecule has 0 aliphatic heterocycles. The minimum atomic E-state index is -0.105. The molecule has 0 bridgehead atoms. The summed E-state index contributed by atoms with van der Waals surface area (Å²) in [5, 5.41) is 8.77. The van der Waals surface area contributed by atoms with Crippen LogP contribution in [0.2, 0.25) is 0 Å². The monoisotopic (exact) mass is 191 g/mol. The summed E-state index contributed by atoms with van der Waals surface area (Å²) < 4.78 is 1.92. The van der Waals surface area contributed by atoms with Gasteiger partial charge in [-0.25, -0.2) is 4.98 Å². The van der Waals surface area contributed by atoms with Gasteiger partial charge in [-0.3, -0.25) is 0 Å². The summed E-state index contributed by atoms with van der Waals surface area (Å²) in [5.41, 5.74) is 7.80. The van der Waals surface area contributed by atoms with E-state index in [0.717, 1.165) is 11.2 Å². The lowest BCUT2D eigenvalue weighted by molar-refractivity contribution is 0.276. The largest absolute Gasteiger partial charge is 0.396 e. The van der Waals surface area contributed by atoms with Crippen LogP contribution in [0.25, 0.3) is 5.65 Å². The van der Waals surface area contributed by atoms with E-state index in [2.05, 4.69) is 4.98 Å². The SMILES string of the molecule is NC(CCO)c1ccc2nccn2c1. The normalized spacial score (nSPS) is 13.3. The maximum absolute atomic E-state index is 8.77. The van der Waals surface area contributed by atoms with E-state index in [-0.39, 0.29) is 12.6 Å². The van der Waals surface area contributed by atoms with E-state index >= 15 is 0 Å². The van der Waals surface area contributed by atoms with Crippen molar-refractivity contribution in [2.24, 2.45) is 5.73 Å². The Balaban J connectivity index is 2.33. The van der Waals surface area contributed by atoms with Crippen molar-refractivity contribution in [3.05, 3.63) is 36.3 Å². The first-order valence-corrected chi connectivity index (χ1v) is 4.60. The highest BCUT2D eigenvalue weighted by molar-refractivity contribution is 5.39. The van der Waals surface area contributed by atoms with Crippen LogP contribution in [0.4, 0.5) is 0 Å². The Labute approximate surface area is 82.0 Å². The van der Waals surface area contributed by atoms with E-state index in [9.17, 15) is 0 Å². The number of pyridine rings is 1. The highest BCUT2D eigenvalue weighted by Gasteiger charge is 2.05. The van der Waals surface area contributed by atoms with E-state index in [1.165, 1.54) is 0 Å². The average molecular weight is 191 g/mol. The molecule has 2 aromatic heterocycles. The Morgan fingerprint density at radius 1 is 1.50 bits per heavy atom. The minimum absolute atomic E-state index is 0.105. The molecule has 14 heavy (non-hydrogen) atoms. The number of hydrogen-bond donors (Lipinski definition) is 2. The van der Waals surface area contributed by atoms with Gasteiger partial charge in [0, 0.05) is 31.2 Å². The molecule has 2 rings (SSSR count). The van der Waals surface area contributed by atoms with Crippen LogP contribution in [0, 0.1) is 0 Å². The number of aliphatic hydroxyl groups is 1. The van der Waals surface area contributed by atoms with E-state index in [4.69, 9.17) is 10.8 Å². The number of fused-ring (bicyclic) bond motifs is 1. The Morgan fingerprint density at radius 2 is 2.36 bits per heavy atom. The lowest BCUT2D eigenvalue weighted by Gasteiger charge is -2.10. The molecule has 2 heterocycles. The first-order valence-electron chi connectivity index (χ1n) is 4.60. The van der Waals surface area contributed by atoms with Gasteiger partial charge in [0.25, 0.3) is 0 Å². The molecule has 0 aliphatic rings. The number of nitrogens with zero attached hydrogens (tertiary/aromatic N) is 2. The maximum Gasteiger partial charge on any atom is 0.136 e. The molecule has 74 valence electrons. The van der Waals surface area contributed by atoms with Crippen molar-refractivity contribution >= 4 is 5.65 Å². The Hall–Kier alpha value is -1.39. The third kappa shape index (κ3) is 1.62. The third-order valence-electron chi connectivity index (χ3n) is 2.28. The zero-order chi connectivity index (χ0) is 9.97. The molecule has 1 unspecified atom stereocenters. The highest BCUT2D eigenvalue weighted by Crippen LogP contribution is 2.14. The Kier molecular flexibility index (Phi) is 2.47. The number of rotatable bonds is 3. The number of imidazole rings is 1. The van der Waals surface area contributed by atoms with Gasteiger partial charge in [-0.05, 0) is 18.1 Å². The molecule has 4 nitrogen and oxygen atoms in total. The van der Waals surface area contributed by atoms with Crippen LogP contribution in [-0.4, -0.2) is 21.1 Å². The first-order chi connectivity index (χ1) is 6.81. The topological polar surface area (TPSA) is 63.5 Å². The number of aliphatic hydroxyl groups excluding tert-OH is 1. The molecular formula is C10H13N3O. The van der Waals surface area contributed by atoms with Crippen LogP contribution in [-0.2, 0) is 0 Å². The molecule has 0 amide bonds. The van der Waals surface area contributed by atoms with Crippen molar-refractivity contribution in [3.63, 3.8) is 0 Å². The second kappa shape index (κ2) is 3.77. The molecule has 0 fully saturated rings. The van der Waals surface area contributed by atoms with Crippen molar-refractivity contribution in [3.8, 4) is 0 Å². The Morgan fingerprint density at radius 3 is 3.14 bits per heavy atom. The maximum atomic E-state index is 8.77. The van der Waals surface area contributed by atoms with Crippen molar-refractivity contribution in [1.82, 2.24) is 9.38 Å². The second-order valence-corrected chi connectivity index (χ2v) is 3.27. The molecule has 0 saturated heterocycles. The van der Waals surface area contributed by atoms with Crippen molar-refractivity contribution in [2.75, 3.05) is 6.61 Å². The number of hydrogen-bond acceptors (Lipinski definition) is 3. The van der Waals surface area contributed by atoms with Crippen LogP contribution >= 0.6 is 0 Å². The van der Waals surface area contributed by atoms with Crippen LogP contribution < -0.4 is 5.73 Å². The molecule has 0 radical (unpaired) electrons. The van der Waals surface area contributed by atoms with Crippen LogP contribution in [0.5, 0.6) is 0 Å². The van der Waals surface area contributed by atoms with E-state index < -0.39 is 0 Å². The van der Waals surface area contributed by atoms with Crippen LogP contribution in [0.3, 0.4) is 0 Å². The number of aromatic nitrogens is 2. The van der Waals surface area contributed by atoms with E-state index in [1.54, 1.807) is 6.20 Å². The zero-order valence-electron chi connectivity index (χ0n) is 7.80. The summed E-state index contributed by atoms with van der Waals surface area (Å²) >= 11 is 0. The molecule has 4 heteroatoms. The Bertz CT molecular complexity index is 424. The van der Waals surface area contributed by atoms with Crippen molar-refractivity contribution in [2.45, 2.75) is 12.5 Å². The van der Waals surface area contributed by atoms with Crippen molar-refractivity contribution < 1.29 is 5.11 Å². The standard InChI is InChI=1S/C10H13N3O/c11-9(3-6-14)8-1-2-10-12-4-5-13(10)7-8/h1-2,4-5,7,9,14H,3,6,11H2. The molecule has 1 atom stereocenters. The predicted molar refractivity (Wildman–Crippen MR) is 53.8 cm³/mol. The molecule has 0 aliphatic carbocycles. The molecular weight excluding hydrogens is 178 g/mol. The van der Waals surface area contributed by atoms with Gasteiger partial charge in [-0.1, -0.05) is 6.07 Å². The van der Waals surface area contributed by atoms with E-state index in [0.29, 0.717) is 6.42 Å². The fraction of sp³-hybridized carbons (Fsp3) is 0.300. The summed E-state index contributed by atoms with van der Waals surface area (Å²) in [7, 11) is 0. The summed E-state index contributed by atoms with van der Waals surface area (Å²) in [4.78, 5) is 4.14. The minimum Gasteiger partial charge on any atom is -0.396 e. The second-order valence-electron chi connectivity index (χ2n) is 3.27. The smallest absolute Gasteiger partial charge is 0.136 e. The summed E-state index contributed by atoms with van der Waals surface area (Å²) in [6.07, 6.45) is 6.16. The summed E-state index contributed by atoms with van der Waals surface area (Å²) in [6.45, 7) is 0.114.